The first-order chi connectivity index (χ1) is 12.1. The maximum absolute atomic E-state index is 12.4. The molecule has 3 aromatic heterocycles. The molecule has 4 rings (SSSR count). The largest absolute Gasteiger partial charge is 0.463 e. The highest BCUT2D eigenvalue weighted by Crippen LogP contribution is 2.32. The van der Waals surface area contributed by atoms with Gasteiger partial charge in [-0.3, -0.25) is 14.9 Å². The predicted octanol–water partition coefficient (Wildman–Crippen LogP) is 3.47. The maximum Gasteiger partial charge on any atom is 0.263 e. The molecule has 1 atom stereocenters. The first kappa shape index (κ1) is 15.8. The zero-order valence-corrected chi connectivity index (χ0v) is 14.5. The molecule has 0 bridgehead atoms. The van der Waals surface area contributed by atoms with Crippen molar-refractivity contribution in [3.63, 3.8) is 0 Å². The third kappa shape index (κ3) is 3.15. The molecule has 0 aromatic carbocycles. The lowest BCUT2D eigenvalue weighted by Gasteiger charge is -2.15. The maximum atomic E-state index is 12.4. The topological polar surface area (TPSA) is 88.0 Å². The molecule has 0 fully saturated rings. The Balaban J connectivity index is 1.54. The number of rotatable bonds is 3. The monoisotopic (exact) mass is 355 g/mol. The second-order valence-electron chi connectivity index (χ2n) is 6.28. The number of hydrogen-bond acceptors (Lipinski definition) is 5. The number of anilines is 1. The fourth-order valence-electron chi connectivity index (χ4n) is 2.99. The Hall–Kier alpha value is -2.67. The Morgan fingerprint density at radius 1 is 1.40 bits per heavy atom. The summed E-state index contributed by atoms with van der Waals surface area (Å²) in [5, 5.41) is 3.30. The van der Waals surface area contributed by atoms with E-state index in [1.165, 1.54) is 28.5 Å². The number of amides is 1. The second kappa shape index (κ2) is 6.33. The van der Waals surface area contributed by atoms with Crippen LogP contribution in [0.4, 0.5) is 5.13 Å². The molecule has 0 saturated heterocycles. The van der Waals surface area contributed by atoms with Gasteiger partial charge in [0.2, 0.25) is 0 Å². The molecule has 0 aliphatic heterocycles. The van der Waals surface area contributed by atoms with Crippen molar-refractivity contribution in [1.29, 1.82) is 0 Å². The molecular weight excluding hydrogens is 338 g/mol. The summed E-state index contributed by atoms with van der Waals surface area (Å²) >= 11 is 1.50. The Morgan fingerprint density at radius 3 is 3.04 bits per heavy atom. The van der Waals surface area contributed by atoms with E-state index < -0.39 is 11.5 Å². The standard InChI is InChI=1S/C18H17N3O3S/c1-10-4-6-13-15(9-10)25-18(20-13)21-17(23)11-5-7-12(19-16(11)22)14-3-2-8-24-14/h2-3,5,7-8,10H,4,6,9H2,1H3,(H,19,22)(H,20,21,23). The Kier molecular flexibility index (Phi) is 4.01. The van der Waals surface area contributed by atoms with Crippen LogP contribution in [0.1, 0.15) is 34.3 Å². The van der Waals surface area contributed by atoms with Crippen molar-refractivity contribution in [3.8, 4) is 11.5 Å². The number of thiazole rings is 1. The van der Waals surface area contributed by atoms with E-state index in [2.05, 4.69) is 22.2 Å². The van der Waals surface area contributed by atoms with Crippen molar-refractivity contribution in [3.05, 3.63) is 57.0 Å². The van der Waals surface area contributed by atoms with Gasteiger partial charge >= 0.3 is 0 Å². The van der Waals surface area contributed by atoms with Gasteiger partial charge in [-0.15, -0.1) is 11.3 Å². The first-order valence-electron chi connectivity index (χ1n) is 8.17. The van der Waals surface area contributed by atoms with E-state index in [0.29, 0.717) is 22.5 Å². The van der Waals surface area contributed by atoms with Crippen LogP contribution in [-0.2, 0) is 12.8 Å². The third-order valence-corrected chi connectivity index (χ3v) is 5.38. The van der Waals surface area contributed by atoms with E-state index in [4.69, 9.17) is 4.42 Å². The van der Waals surface area contributed by atoms with Crippen LogP contribution in [-0.4, -0.2) is 15.9 Å². The fraction of sp³-hybridized carbons (Fsp3) is 0.278. The van der Waals surface area contributed by atoms with Crippen molar-refractivity contribution < 1.29 is 9.21 Å². The molecule has 0 saturated carbocycles. The van der Waals surface area contributed by atoms with E-state index in [1.807, 2.05) is 0 Å². The van der Waals surface area contributed by atoms with Crippen LogP contribution in [0.5, 0.6) is 0 Å². The molecule has 3 heterocycles. The average molecular weight is 355 g/mol. The van der Waals surface area contributed by atoms with Gasteiger partial charge in [-0.25, -0.2) is 4.98 Å². The van der Waals surface area contributed by atoms with Crippen LogP contribution in [0.25, 0.3) is 11.5 Å². The number of aryl methyl sites for hydroxylation is 1. The van der Waals surface area contributed by atoms with Crippen molar-refractivity contribution >= 4 is 22.4 Å². The van der Waals surface area contributed by atoms with E-state index in [1.54, 1.807) is 18.2 Å². The fourth-order valence-corrected chi connectivity index (χ4v) is 4.15. The van der Waals surface area contributed by atoms with Crippen LogP contribution in [0, 0.1) is 5.92 Å². The van der Waals surface area contributed by atoms with Crippen LogP contribution in [0.15, 0.2) is 39.7 Å². The first-order valence-corrected chi connectivity index (χ1v) is 8.99. The molecule has 1 amide bonds. The molecule has 1 unspecified atom stereocenters. The summed E-state index contributed by atoms with van der Waals surface area (Å²) < 4.78 is 5.25. The normalized spacial score (nSPS) is 16.4. The SMILES string of the molecule is CC1CCc2nc(NC(=O)c3ccc(-c4ccco4)[nH]c3=O)sc2C1. The number of carbonyl (C=O) groups is 1. The number of aromatic amines is 1. The summed E-state index contributed by atoms with van der Waals surface area (Å²) in [5.41, 5.74) is 1.20. The minimum Gasteiger partial charge on any atom is -0.463 e. The molecular formula is C18H17N3O3S. The number of furan rings is 1. The highest BCUT2D eigenvalue weighted by Gasteiger charge is 2.21. The number of aromatic nitrogens is 2. The number of carbonyl (C=O) groups excluding carboxylic acids is 1. The van der Waals surface area contributed by atoms with Crippen LogP contribution in [0.2, 0.25) is 0 Å². The van der Waals surface area contributed by atoms with Gasteiger partial charge < -0.3 is 9.40 Å². The summed E-state index contributed by atoms with van der Waals surface area (Å²) in [5.74, 6) is 0.741. The highest BCUT2D eigenvalue weighted by atomic mass is 32.1. The van der Waals surface area contributed by atoms with E-state index in [0.717, 1.165) is 25.0 Å². The molecule has 1 aliphatic carbocycles. The molecule has 1 aliphatic rings. The molecule has 3 aromatic rings. The Labute approximate surface area is 147 Å². The molecule has 2 N–H and O–H groups in total. The lowest BCUT2D eigenvalue weighted by atomic mass is 9.93. The molecule has 0 spiro atoms. The summed E-state index contributed by atoms with van der Waals surface area (Å²) in [6.45, 7) is 2.22. The summed E-state index contributed by atoms with van der Waals surface area (Å²) in [7, 11) is 0. The molecule has 128 valence electrons. The van der Waals surface area contributed by atoms with Crippen molar-refractivity contribution in [2.45, 2.75) is 26.2 Å². The van der Waals surface area contributed by atoms with Gasteiger partial charge in [0.25, 0.3) is 11.5 Å². The van der Waals surface area contributed by atoms with Gasteiger partial charge in [-0.05, 0) is 49.4 Å². The molecule has 0 radical (unpaired) electrons. The van der Waals surface area contributed by atoms with E-state index in [9.17, 15) is 9.59 Å². The van der Waals surface area contributed by atoms with Gasteiger partial charge in [-0.2, -0.15) is 0 Å². The zero-order chi connectivity index (χ0) is 17.4. The number of fused-ring (bicyclic) bond motifs is 1. The Bertz CT molecular complexity index is 972. The smallest absolute Gasteiger partial charge is 0.263 e. The van der Waals surface area contributed by atoms with E-state index >= 15 is 0 Å². The van der Waals surface area contributed by atoms with Gasteiger partial charge in [0, 0.05) is 4.88 Å². The summed E-state index contributed by atoms with van der Waals surface area (Å²) in [6.07, 6.45) is 4.60. The highest BCUT2D eigenvalue weighted by molar-refractivity contribution is 7.15. The zero-order valence-electron chi connectivity index (χ0n) is 13.7. The Morgan fingerprint density at radius 2 is 2.28 bits per heavy atom. The number of pyridine rings is 1. The number of H-pyrrole nitrogens is 1. The summed E-state index contributed by atoms with van der Waals surface area (Å²) in [4.78, 5) is 33.1. The van der Waals surface area contributed by atoms with Gasteiger partial charge in [0.15, 0.2) is 5.13 Å². The van der Waals surface area contributed by atoms with Crippen LogP contribution in [0.3, 0.4) is 0 Å². The minimum absolute atomic E-state index is 0.0526. The van der Waals surface area contributed by atoms with Crippen molar-refractivity contribution in [2.24, 2.45) is 5.92 Å². The summed E-state index contributed by atoms with van der Waals surface area (Å²) in [6, 6.07) is 6.64. The number of nitrogens with zero attached hydrogens (tertiary/aromatic N) is 1. The number of nitrogens with one attached hydrogen (secondary N) is 2. The van der Waals surface area contributed by atoms with Crippen LogP contribution < -0.4 is 10.9 Å². The van der Waals surface area contributed by atoms with Crippen molar-refractivity contribution in [2.75, 3.05) is 5.32 Å². The quantitative estimate of drug-likeness (QED) is 0.753. The second-order valence-corrected chi connectivity index (χ2v) is 7.37. The lowest BCUT2D eigenvalue weighted by molar-refractivity contribution is 0.102. The van der Waals surface area contributed by atoms with Gasteiger partial charge in [-0.1, -0.05) is 6.92 Å². The number of hydrogen-bond donors (Lipinski definition) is 2. The third-order valence-electron chi connectivity index (χ3n) is 4.35. The van der Waals surface area contributed by atoms with Crippen LogP contribution >= 0.6 is 11.3 Å². The van der Waals surface area contributed by atoms with E-state index in [-0.39, 0.29) is 5.56 Å². The minimum atomic E-state index is -0.457. The van der Waals surface area contributed by atoms with Gasteiger partial charge in [0.05, 0.1) is 17.7 Å². The lowest BCUT2D eigenvalue weighted by Crippen LogP contribution is -2.23. The molecule has 25 heavy (non-hydrogen) atoms. The predicted molar refractivity (Wildman–Crippen MR) is 96.0 cm³/mol. The molecule has 6 nitrogen and oxygen atoms in total. The van der Waals surface area contributed by atoms with Crippen molar-refractivity contribution in [1.82, 2.24) is 9.97 Å². The van der Waals surface area contributed by atoms with Gasteiger partial charge in [0.1, 0.15) is 11.3 Å². The average Bonchev–Trinajstić information content (AvgIpc) is 3.23. The molecule has 7 heteroatoms.